The van der Waals surface area contributed by atoms with E-state index in [1.807, 2.05) is 0 Å². The quantitative estimate of drug-likeness (QED) is 0.791. The molecular weight excluding hydrogens is 338 g/mol. The Hall–Kier alpha value is -2.00. The molecule has 9 heteroatoms. The summed E-state index contributed by atoms with van der Waals surface area (Å²) < 4.78 is 77.4. The fraction of sp³-hybridized carbons (Fsp3) is 0.0769. The van der Waals surface area contributed by atoms with Crippen LogP contribution < -0.4 is 4.18 Å². The van der Waals surface area contributed by atoms with Gasteiger partial charge in [0.15, 0.2) is 21.5 Å². The summed E-state index contributed by atoms with van der Waals surface area (Å²) in [5.74, 6) is -2.84. The van der Waals surface area contributed by atoms with E-state index in [9.17, 15) is 25.6 Å². The van der Waals surface area contributed by atoms with Gasteiger partial charge in [0.1, 0.15) is 10.6 Å². The molecule has 0 bridgehead atoms. The number of sulfone groups is 1. The number of hydrogen-bond acceptors (Lipinski definition) is 5. The maximum Gasteiger partial charge on any atom is 0.339 e. The minimum atomic E-state index is -4.38. The molecule has 0 heterocycles. The van der Waals surface area contributed by atoms with Gasteiger partial charge < -0.3 is 4.18 Å². The van der Waals surface area contributed by atoms with E-state index in [-0.39, 0.29) is 4.90 Å². The highest BCUT2D eigenvalue weighted by Crippen LogP contribution is 2.22. The Bertz CT molecular complexity index is 921. The average Bonchev–Trinajstić information content (AvgIpc) is 2.42. The summed E-state index contributed by atoms with van der Waals surface area (Å²) in [5, 5.41) is 0. The average molecular weight is 348 g/mol. The molecule has 0 saturated carbocycles. The molecule has 0 atom stereocenters. The molecule has 118 valence electrons. The van der Waals surface area contributed by atoms with Gasteiger partial charge >= 0.3 is 10.1 Å². The highest BCUT2D eigenvalue weighted by molar-refractivity contribution is 7.90. The lowest BCUT2D eigenvalue weighted by Crippen LogP contribution is -2.11. The first kappa shape index (κ1) is 16.4. The van der Waals surface area contributed by atoms with E-state index >= 15 is 0 Å². The van der Waals surface area contributed by atoms with Gasteiger partial charge in [0.05, 0.1) is 4.90 Å². The molecule has 0 aliphatic carbocycles. The van der Waals surface area contributed by atoms with Crippen molar-refractivity contribution in [3.63, 3.8) is 0 Å². The van der Waals surface area contributed by atoms with Crippen LogP contribution in [-0.4, -0.2) is 23.1 Å². The number of hydrogen-bond donors (Lipinski definition) is 0. The molecule has 0 spiro atoms. The van der Waals surface area contributed by atoms with Gasteiger partial charge in [-0.2, -0.15) is 8.42 Å². The molecule has 0 fully saturated rings. The van der Waals surface area contributed by atoms with Crippen molar-refractivity contribution in [3.05, 3.63) is 54.1 Å². The Morgan fingerprint density at radius 1 is 0.864 bits per heavy atom. The molecule has 22 heavy (non-hydrogen) atoms. The van der Waals surface area contributed by atoms with Crippen molar-refractivity contribution in [1.82, 2.24) is 0 Å². The van der Waals surface area contributed by atoms with Crippen molar-refractivity contribution in [3.8, 4) is 5.75 Å². The standard InChI is InChI=1S/C13H10F2O5S2/c1-21(16,17)10-3-2-4-11(8-10)22(18,19)20-9-5-6-12(14)13(15)7-9/h2-8H,1H3. The molecule has 0 radical (unpaired) electrons. The fourth-order valence-electron chi connectivity index (χ4n) is 1.56. The molecule has 0 aliphatic heterocycles. The third-order valence-electron chi connectivity index (χ3n) is 2.62. The van der Waals surface area contributed by atoms with Crippen LogP contribution in [0.4, 0.5) is 8.78 Å². The third-order valence-corrected chi connectivity index (χ3v) is 4.97. The molecular formula is C13H10F2O5S2. The zero-order valence-corrected chi connectivity index (χ0v) is 12.8. The van der Waals surface area contributed by atoms with Crippen LogP contribution in [0.25, 0.3) is 0 Å². The predicted molar refractivity (Wildman–Crippen MR) is 73.7 cm³/mol. The second kappa shape index (κ2) is 5.65. The van der Waals surface area contributed by atoms with E-state index in [1.54, 1.807) is 0 Å². The summed E-state index contributed by atoms with van der Waals surface area (Å²) in [6, 6.07) is 6.75. The molecule has 5 nitrogen and oxygen atoms in total. The summed E-state index contributed by atoms with van der Waals surface area (Å²) in [6.07, 6.45) is 0.926. The second-order valence-corrected chi connectivity index (χ2v) is 7.92. The lowest BCUT2D eigenvalue weighted by molar-refractivity contribution is 0.472. The van der Waals surface area contributed by atoms with E-state index in [1.165, 1.54) is 12.1 Å². The first-order valence-corrected chi connectivity index (χ1v) is 9.09. The van der Waals surface area contributed by atoms with E-state index in [4.69, 9.17) is 0 Å². The van der Waals surface area contributed by atoms with Gasteiger partial charge in [-0.15, -0.1) is 0 Å². The largest absolute Gasteiger partial charge is 0.379 e. The van der Waals surface area contributed by atoms with Crippen molar-refractivity contribution >= 4 is 20.0 Å². The summed E-state index contributed by atoms with van der Waals surface area (Å²) >= 11 is 0. The van der Waals surface area contributed by atoms with Crippen LogP contribution in [0.1, 0.15) is 0 Å². The van der Waals surface area contributed by atoms with Crippen molar-refractivity contribution in [2.24, 2.45) is 0 Å². The molecule has 0 amide bonds. The molecule has 0 unspecified atom stereocenters. The molecule has 0 N–H and O–H groups in total. The molecule has 0 aliphatic rings. The normalized spacial score (nSPS) is 12.1. The molecule has 2 aromatic carbocycles. The Balaban J connectivity index is 2.40. The van der Waals surface area contributed by atoms with Crippen LogP contribution >= 0.6 is 0 Å². The summed E-state index contributed by atoms with van der Waals surface area (Å²) in [4.78, 5) is -0.623. The van der Waals surface area contributed by atoms with Crippen LogP contribution in [-0.2, 0) is 20.0 Å². The minimum Gasteiger partial charge on any atom is -0.379 e. The van der Waals surface area contributed by atoms with Crippen LogP contribution in [0.2, 0.25) is 0 Å². The highest BCUT2D eigenvalue weighted by atomic mass is 32.2. The van der Waals surface area contributed by atoms with Gasteiger partial charge in [0.25, 0.3) is 0 Å². The maximum absolute atomic E-state index is 13.0. The Morgan fingerprint density at radius 2 is 1.50 bits per heavy atom. The smallest absolute Gasteiger partial charge is 0.339 e. The lowest BCUT2D eigenvalue weighted by Gasteiger charge is -2.08. The number of rotatable bonds is 4. The summed E-state index contributed by atoms with van der Waals surface area (Å²) in [6.45, 7) is 0. The van der Waals surface area contributed by atoms with Crippen molar-refractivity contribution in [2.45, 2.75) is 9.79 Å². The molecule has 2 rings (SSSR count). The maximum atomic E-state index is 13.0. The van der Waals surface area contributed by atoms with Crippen LogP contribution in [0.5, 0.6) is 5.75 Å². The highest BCUT2D eigenvalue weighted by Gasteiger charge is 2.20. The molecule has 0 saturated heterocycles. The van der Waals surface area contributed by atoms with Gasteiger partial charge in [-0.1, -0.05) is 6.07 Å². The fourth-order valence-corrected chi connectivity index (χ4v) is 3.28. The first-order chi connectivity index (χ1) is 10.1. The molecule has 2 aromatic rings. The van der Waals surface area contributed by atoms with Gasteiger partial charge in [-0.3, -0.25) is 0 Å². The SMILES string of the molecule is CS(=O)(=O)c1cccc(S(=O)(=O)Oc2ccc(F)c(F)c2)c1. The number of benzene rings is 2. The monoisotopic (exact) mass is 348 g/mol. The van der Waals surface area contributed by atoms with Crippen LogP contribution in [0.3, 0.4) is 0 Å². The predicted octanol–water partition coefficient (Wildman–Crippen LogP) is 2.14. The van der Waals surface area contributed by atoms with Crippen molar-refractivity contribution in [1.29, 1.82) is 0 Å². The zero-order valence-electron chi connectivity index (χ0n) is 11.2. The first-order valence-electron chi connectivity index (χ1n) is 5.79. The van der Waals surface area contributed by atoms with E-state index in [2.05, 4.69) is 4.18 Å². The lowest BCUT2D eigenvalue weighted by atomic mass is 10.3. The summed E-state index contributed by atoms with van der Waals surface area (Å²) in [5.41, 5.74) is 0. The summed E-state index contributed by atoms with van der Waals surface area (Å²) in [7, 11) is -7.98. The Morgan fingerprint density at radius 3 is 2.09 bits per heavy atom. The zero-order chi connectivity index (χ0) is 16.5. The van der Waals surface area contributed by atoms with Crippen molar-refractivity contribution in [2.75, 3.05) is 6.26 Å². The van der Waals surface area contributed by atoms with E-state index < -0.39 is 42.2 Å². The number of halogens is 2. The van der Waals surface area contributed by atoms with Crippen molar-refractivity contribution < 1.29 is 29.8 Å². The Labute approximate surface area is 126 Å². The molecule has 0 aromatic heterocycles. The van der Waals surface area contributed by atoms with Crippen LogP contribution in [0, 0.1) is 11.6 Å². The van der Waals surface area contributed by atoms with Gasteiger partial charge in [-0.25, -0.2) is 17.2 Å². The van der Waals surface area contributed by atoms with E-state index in [0.717, 1.165) is 24.5 Å². The second-order valence-electron chi connectivity index (χ2n) is 4.36. The topological polar surface area (TPSA) is 77.5 Å². The van der Waals surface area contributed by atoms with Gasteiger partial charge in [0.2, 0.25) is 0 Å². The van der Waals surface area contributed by atoms with E-state index in [0.29, 0.717) is 12.1 Å². The van der Waals surface area contributed by atoms with Gasteiger partial charge in [-0.05, 0) is 30.3 Å². The Kier molecular flexibility index (Phi) is 4.21. The van der Waals surface area contributed by atoms with Crippen LogP contribution in [0.15, 0.2) is 52.3 Å². The van der Waals surface area contributed by atoms with Gasteiger partial charge in [0, 0.05) is 12.3 Å². The minimum absolute atomic E-state index is 0.206. The third kappa shape index (κ3) is 3.60.